The quantitative estimate of drug-likeness (QED) is 0.264. The molecule has 0 aliphatic carbocycles. The number of aliphatic hydroxyl groups is 2. The number of rotatable bonds is 5. The molecule has 0 aliphatic rings. The van der Waals surface area contributed by atoms with Gasteiger partial charge in [-0.3, -0.25) is 4.57 Å². The predicted octanol–water partition coefficient (Wildman–Crippen LogP) is -1.85. The second-order valence-corrected chi connectivity index (χ2v) is 4.95. The number of nitrogens with two attached hydrogens (primary N) is 1. The smallest absolute Gasteiger partial charge is 0.396 e. The molecule has 13 heteroatoms. The Morgan fingerprint density at radius 2 is 1.95 bits per heavy atom. The molecule has 0 saturated heterocycles. The lowest BCUT2D eigenvalue weighted by Gasteiger charge is -2.10. The van der Waals surface area contributed by atoms with Crippen molar-refractivity contribution in [2.24, 2.45) is 0 Å². The highest BCUT2D eigenvalue weighted by atomic mass is 31.2. The lowest BCUT2D eigenvalue weighted by molar-refractivity contribution is -0.132. The average molecular weight is 337 g/mol. The summed E-state index contributed by atoms with van der Waals surface area (Å²) in [5, 5.41) is 17.9. The fourth-order valence-electron chi connectivity index (χ4n) is 1.35. The van der Waals surface area contributed by atoms with E-state index in [1.807, 2.05) is 0 Å². The molecular weight excluding hydrogens is 321 g/mol. The Hall–Kier alpha value is -1.66. The van der Waals surface area contributed by atoms with Gasteiger partial charge in [0.05, 0.1) is 6.33 Å². The van der Waals surface area contributed by atoms with E-state index in [4.69, 9.17) is 34.8 Å². The van der Waals surface area contributed by atoms with E-state index in [0.29, 0.717) is 17.0 Å². The van der Waals surface area contributed by atoms with E-state index in [-0.39, 0.29) is 19.8 Å². The standard InChI is InChI=1S/C9H13N5O3.H3O4P/c10-8-7-9(12-3-11-8)14(4-13-7)5-17-6(16)1-2-15;1-5(2,3)4/h3-4,6,15-16H,1-2,5H2,(H2,10,11,12);(H3,1,2,3,4). The molecular formula is C9H16N5O7P. The number of phosphoric acid groups is 1. The first-order valence-corrected chi connectivity index (χ1v) is 7.39. The van der Waals surface area contributed by atoms with E-state index in [1.54, 1.807) is 4.57 Å². The molecule has 2 rings (SSSR count). The van der Waals surface area contributed by atoms with Gasteiger partial charge in [-0.25, -0.2) is 19.5 Å². The Morgan fingerprint density at radius 3 is 2.55 bits per heavy atom. The van der Waals surface area contributed by atoms with Gasteiger partial charge in [-0.05, 0) is 0 Å². The van der Waals surface area contributed by atoms with E-state index >= 15 is 0 Å². The zero-order chi connectivity index (χ0) is 16.8. The molecule has 1 atom stereocenters. The predicted molar refractivity (Wildman–Crippen MR) is 72.8 cm³/mol. The van der Waals surface area contributed by atoms with Gasteiger partial charge < -0.3 is 35.4 Å². The Bertz CT molecular complexity index is 636. The first-order chi connectivity index (χ1) is 10.2. The Balaban J connectivity index is 0.000000422. The van der Waals surface area contributed by atoms with E-state index < -0.39 is 14.1 Å². The monoisotopic (exact) mass is 337 g/mol. The number of aromatic nitrogens is 4. The molecule has 0 bridgehead atoms. The van der Waals surface area contributed by atoms with Crippen LogP contribution in [0, 0.1) is 0 Å². The maximum absolute atomic E-state index is 9.30. The van der Waals surface area contributed by atoms with Crippen molar-refractivity contribution in [2.75, 3.05) is 12.3 Å². The highest BCUT2D eigenvalue weighted by molar-refractivity contribution is 7.45. The number of hydrogen-bond acceptors (Lipinski definition) is 8. The Kier molecular flexibility index (Phi) is 6.77. The number of imidazole rings is 1. The van der Waals surface area contributed by atoms with Crippen LogP contribution in [0.1, 0.15) is 6.42 Å². The third-order valence-electron chi connectivity index (χ3n) is 2.21. The van der Waals surface area contributed by atoms with Crippen LogP contribution in [0.3, 0.4) is 0 Å². The largest absolute Gasteiger partial charge is 0.466 e. The molecule has 0 amide bonds. The van der Waals surface area contributed by atoms with Crippen LogP contribution in [0.25, 0.3) is 11.2 Å². The van der Waals surface area contributed by atoms with Gasteiger partial charge in [-0.15, -0.1) is 0 Å². The van der Waals surface area contributed by atoms with Crippen molar-refractivity contribution in [3.05, 3.63) is 12.7 Å². The van der Waals surface area contributed by atoms with Gasteiger partial charge in [0.25, 0.3) is 0 Å². The molecule has 2 aromatic heterocycles. The lowest BCUT2D eigenvalue weighted by atomic mass is 10.4. The summed E-state index contributed by atoms with van der Waals surface area (Å²) in [5.74, 6) is 0.296. The zero-order valence-corrected chi connectivity index (χ0v) is 12.1. The molecule has 0 fully saturated rings. The number of fused-ring (bicyclic) bond motifs is 1. The van der Waals surface area contributed by atoms with Gasteiger partial charge >= 0.3 is 7.82 Å². The van der Waals surface area contributed by atoms with Gasteiger partial charge in [-0.2, -0.15) is 0 Å². The van der Waals surface area contributed by atoms with Gasteiger partial charge in [0, 0.05) is 13.0 Å². The van der Waals surface area contributed by atoms with Crippen LogP contribution in [0.5, 0.6) is 0 Å². The first kappa shape index (κ1) is 18.4. The summed E-state index contributed by atoms with van der Waals surface area (Å²) in [6, 6.07) is 0. The normalized spacial score (nSPS) is 12.8. The molecule has 0 spiro atoms. The van der Waals surface area contributed by atoms with E-state index in [1.165, 1.54) is 12.7 Å². The minimum atomic E-state index is -4.64. The molecule has 124 valence electrons. The molecule has 1 unspecified atom stereocenters. The van der Waals surface area contributed by atoms with Crippen LogP contribution in [0.2, 0.25) is 0 Å². The summed E-state index contributed by atoms with van der Waals surface area (Å²) in [6.07, 6.45) is 1.97. The van der Waals surface area contributed by atoms with Crippen LogP contribution >= 0.6 is 7.82 Å². The maximum Gasteiger partial charge on any atom is 0.466 e. The van der Waals surface area contributed by atoms with Crippen molar-refractivity contribution in [2.45, 2.75) is 19.4 Å². The molecule has 7 N–H and O–H groups in total. The highest BCUT2D eigenvalue weighted by Gasteiger charge is 2.09. The fraction of sp³-hybridized carbons (Fsp3) is 0.444. The molecule has 12 nitrogen and oxygen atoms in total. The molecule has 0 saturated carbocycles. The minimum Gasteiger partial charge on any atom is -0.396 e. The second kappa shape index (κ2) is 8.10. The number of nitrogens with zero attached hydrogens (tertiary/aromatic N) is 4. The molecule has 2 heterocycles. The summed E-state index contributed by atoms with van der Waals surface area (Å²) < 4.78 is 15.6. The fourth-order valence-corrected chi connectivity index (χ4v) is 1.35. The first-order valence-electron chi connectivity index (χ1n) is 5.82. The van der Waals surface area contributed by atoms with Crippen LogP contribution in [0.4, 0.5) is 5.82 Å². The number of nitrogen functional groups attached to an aromatic ring is 1. The van der Waals surface area contributed by atoms with Gasteiger partial charge in [-0.1, -0.05) is 0 Å². The van der Waals surface area contributed by atoms with E-state index in [2.05, 4.69) is 15.0 Å². The summed E-state index contributed by atoms with van der Waals surface area (Å²) in [6.45, 7) is -0.0604. The van der Waals surface area contributed by atoms with Crippen molar-refractivity contribution in [3.8, 4) is 0 Å². The van der Waals surface area contributed by atoms with Gasteiger partial charge in [0.1, 0.15) is 18.6 Å². The number of ether oxygens (including phenoxy) is 1. The van der Waals surface area contributed by atoms with Crippen molar-refractivity contribution >= 4 is 24.8 Å². The van der Waals surface area contributed by atoms with Crippen LogP contribution < -0.4 is 5.73 Å². The van der Waals surface area contributed by atoms with Crippen LogP contribution in [-0.4, -0.2) is 57.3 Å². The minimum absolute atomic E-state index is 0.0775. The summed E-state index contributed by atoms with van der Waals surface area (Å²) in [4.78, 5) is 33.4. The summed E-state index contributed by atoms with van der Waals surface area (Å²) >= 11 is 0. The van der Waals surface area contributed by atoms with Gasteiger partial charge in [0.15, 0.2) is 17.8 Å². The molecule has 2 aromatic rings. The Morgan fingerprint density at radius 1 is 1.32 bits per heavy atom. The summed E-state index contributed by atoms with van der Waals surface area (Å²) in [7, 11) is -4.64. The molecule has 0 aromatic carbocycles. The SMILES string of the molecule is Nc1ncnc2c1ncn2COC(O)CCO.O=P(O)(O)O. The lowest BCUT2D eigenvalue weighted by Crippen LogP contribution is -2.16. The average Bonchev–Trinajstić information content (AvgIpc) is 2.79. The third kappa shape index (κ3) is 6.41. The van der Waals surface area contributed by atoms with Crippen LogP contribution in [0.15, 0.2) is 12.7 Å². The van der Waals surface area contributed by atoms with Crippen molar-refractivity contribution in [1.82, 2.24) is 19.5 Å². The van der Waals surface area contributed by atoms with Gasteiger partial charge in [0.2, 0.25) is 0 Å². The zero-order valence-electron chi connectivity index (χ0n) is 11.2. The second-order valence-electron chi connectivity index (χ2n) is 3.92. The van der Waals surface area contributed by atoms with E-state index in [9.17, 15) is 5.11 Å². The van der Waals surface area contributed by atoms with E-state index in [0.717, 1.165) is 0 Å². The molecule has 22 heavy (non-hydrogen) atoms. The van der Waals surface area contributed by atoms with Crippen LogP contribution in [-0.2, 0) is 16.0 Å². The highest BCUT2D eigenvalue weighted by Crippen LogP contribution is 2.25. The summed E-state index contributed by atoms with van der Waals surface area (Å²) in [5.41, 5.74) is 6.65. The number of hydrogen-bond donors (Lipinski definition) is 6. The van der Waals surface area contributed by atoms with Crippen molar-refractivity contribution in [1.29, 1.82) is 0 Å². The van der Waals surface area contributed by atoms with Crippen molar-refractivity contribution in [3.63, 3.8) is 0 Å². The molecule has 0 aliphatic heterocycles. The van der Waals surface area contributed by atoms with Crippen molar-refractivity contribution < 1.29 is 34.2 Å². The number of aliphatic hydroxyl groups excluding tert-OH is 2. The molecule has 0 radical (unpaired) electrons. The topological polar surface area (TPSA) is 197 Å². The third-order valence-corrected chi connectivity index (χ3v) is 2.21. The number of anilines is 1. The maximum atomic E-state index is 9.30. The Labute approximate surface area is 124 Å².